The highest BCUT2D eigenvalue weighted by Gasteiger charge is 2.26. The van der Waals surface area contributed by atoms with Crippen LogP contribution in [0.4, 0.5) is 5.69 Å². The molecule has 0 aliphatic carbocycles. The predicted molar refractivity (Wildman–Crippen MR) is 123 cm³/mol. The van der Waals surface area contributed by atoms with Crippen LogP contribution in [0.15, 0.2) is 46.2 Å². The lowest BCUT2D eigenvalue weighted by atomic mass is 10.1. The lowest BCUT2D eigenvalue weighted by Crippen LogP contribution is -2.31. The van der Waals surface area contributed by atoms with Gasteiger partial charge in [0.05, 0.1) is 12.4 Å². The second-order valence-corrected chi connectivity index (χ2v) is 9.72. The van der Waals surface area contributed by atoms with E-state index >= 15 is 0 Å². The van der Waals surface area contributed by atoms with Gasteiger partial charge in [-0.3, -0.25) is 4.79 Å². The van der Waals surface area contributed by atoms with Gasteiger partial charge in [-0.05, 0) is 62.2 Å². The molecule has 0 aliphatic heterocycles. The Morgan fingerprint density at radius 3 is 2.33 bits per heavy atom. The zero-order valence-electron chi connectivity index (χ0n) is 18.2. The first-order valence-electron chi connectivity index (χ1n) is 9.99. The Morgan fingerprint density at radius 2 is 1.73 bits per heavy atom. The minimum Gasteiger partial charge on any atom is -0.492 e. The average Bonchev–Trinajstić information content (AvgIpc) is 2.71. The molecule has 0 spiro atoms. The van der Waals surface area contributed by atoms with E-state index in [0.717, 1.165) is 4.90 Å². The first-order valence-corrected chi connectivity index (χ1v) is 12.4. The number of rotatable bonds is 10. The van der Waals surface area contributed by atoms with Crippen molar-refractivity contribution in [2.75, 3.05) is 30.8 Å². The summed E-state index contributed by atoms with van der Waals surface area (Å²) < 4.78 is 32.9. The Kier molecular flexibility index (Phi) is 8.76. The van der Waals surface area contributed by atoms with Gasteiger partial charge in [0.25, 0.3) is 0 Å². The van der Waals surface area contributed by atoms with Crippen LogP contribution in [0.3, 0.4) is 0 Å². The Bertz CT molecular complexity index is 987. The molecule has 164 valence electrons. The molecule has 8 heteroatoms. The van der Waals surface area contributed by atoms with E-state index in [0.29, 0.717) is 25.4 Å². The van der Waals surface area contributed by atoms with E-state index < -0.39 is 10.0 Å². The first-order chi connectivity index (χ1) is 14.2. The fourth-order valence-electron chi connectivity index (χ4n) is 2.91. The van der Waals surface area contributed by atoms with Crippen molar-refractivity contribution in [1.82, 2.24) is 4.31 Å². The number of nitrogens with zero attached hydrogens (tertiary/aromatic N) is 1. The summed E-state index contributed by atoms with van der Waals surface area (Å²) in [7, 11) is -3.72. The maximum absolute atomic E-state index is 13.0. The molecule has 2 aromatic carbocycles. The number of sulfonamides is 1. The highest BCUT2D eigenvalue weighted by molar-refractivity contribution is 8.00. The molecule has 0 saturated heterocycles. The van der Waals surface area contributed by atoms with Crippen molar-refractivity contribution in [3.63, 3.8) is 0 Å². The summed E-state index contributed by atoms with van der Waals surface area (Å²) >= 11 is 1.44. The van der Waals surface area contributed by atoms with E-state index in [1.165, 1.54) is 33.3 Å². The van der Waals surface area contributed by atoms with Gasteiger partial charge < -0.3 is 10.1 Å². The van der Waals surface area contributed by atoms with Crippen LogP contribution in [0.1, 0.15) is 31.9 Å². The summed E-state index contributed by atoms with van der Waals surface area (Å²) in [5, 5.41) is 2.80. The number of carbonyl (C=O) groups excluding carboxylic acids is 1. The van der Waals surface area contributed by atoms with Crippen LogP contribution in [-0.2, 0) is 14.8 Å². The monoisotopic (exact) mass is 450 g/mol. The van der Waals surface area contributed by atoms with Gasteiger partial charge in [0.2, 0.25) is 15.9 Å². The smallest absolute Gasteiger partial charge is 0.246 e. The van der Waals surface area contributed by atoms with Crippen LogP contribution < -0.4 is 10.1 Å². The Balaban J connectivity index is 2.19. The van der Waals surface area contributed by atoms with E-state index in [4.69, 9.17) is 4.74 Å². The molecule has 0 saturated carbocycles. The van der Waals surface area contributed by atoms with Crippen molar-refractivity contribution >= 4 is 33.4 Å². The van der Waals surface area contributed by atoms with Crippen molar-refractivity contribution in [2.45, 2.75) is 44.4 Å². The summed E-state index contributed by atoms with van der Waals surface area (Å²) in [4.78, 5) is 13.5. The molecule has 0 aliphatic rings. The van der Waals surface area contributed by atoms with Crippen LogP contribution in [0.2, 0.25) is 0 Å². The van der Waals surface area contributed by atoms with Gasteiger partial charge in [-0.25, -0.2) is 8.42 Å². The molecule has 0 bridgehead atoms. The zero-order valence-corrected chi connectivity index (χ0v) is 19.8. The third-order valence-electron chi connectivity index (χ3n) is 4.70. The maximum Gasteiger partial charge on any atom is 0.246 e. The minimum atomic E-state index is -3.72. The largest absolute Gasteiger partial charge is 0.492 e. The molecule has 2 rings (SSSR count). The van der Waals surface area contributed by atoms with Crippen molar-refractivity contribution in [3.8, 4) is 5.75 Å². The van der Waals surface area contributed by atoms with E-state index in [1.807, 2.05) is 26.0 Å². The summed E-state index contributed by atoms with van der Waals surface area (Å²) in [5.41, 5.74) is 2.81. The van der Waals surface area contributed by atoms with E-state index in [2.05, 4.69) is 11.4 Å². The van der Waals surface area contributed by atoms with Gasteiger partial charge >= 0.3 is 0 Å². The topological polar surface area (TPSA) is 75.7 Å². The second kappa shape index (κ2) is 10.8. The second-order valence-electron chi connectivity index (χ2n) is 6.77. The fourth-order valence-corrected chi connectivity index (χ4v) is 5.32. The van der Waals surface area contributed by atoms with E-state index in [9.17, 15) is 13.2 Å². The SMILES string of the molecule is CCOc1ccc(NC(=O)CSc2ccc(C)c(C)c2)cc1S(=O)(=O)N(CC)CC. The van der Waals surface area contributed by atoms with Crippen LogP contribution in [0.5, 0.6) is 5.75 Å². The number of hydrogen-bond donors (Lipinski definition) is 1. The van der Waals surface area contributed by atoms with Crippen molar-refractivity contribution in [2.24, 2.45) is 0 Å². The molecule has 0 aromatic heterocycles. The third kappa shape index (κ3) is 6.00. The van der Waals surface area contributed by atoms with Gasteiger partial charge in [0.15, 0.2) is 0 Å². The molecule has 1 amide bonds. The summed E-state index contributed by atoms with van der Waals surface area (Å²) in [6.07, 6.45) is 0. The van der Waals surface area contributed by atoms with Crippen LogP contribution in [-0.4, -0.2) is 44.1 Å². The Labute approximate surface area is 184 Å². The molecule has 30 heavy (non-hydrogen) atoms. The minimum absolute atomic E-state index is 0.0627. The van der Waals surface area contributed by atoms with Crippen molar-refractivity contribution in [3.05, 3.63) is 47.5 Å². The quantitative estimate of drug-likeness (QED) is 0.541. The number of thioether (sulfide) groups is 1. The summed E-state index contributed by atoms with van der Waals surface area (Å²) in [5.74, 6) is 0.314. The number of amides is 1. The number of nitrogens with one attached hydrogen (secondary N) is 1. The molecule has 0 atom stereocenters. The van der Waals surface area contributed by atoms with Gasteiger partial charge in [-0.15, -0.1) is 11.8 Å². The molecule has 1 N–H and O–H groups in total. The lowest BCUT2D eigenvalue weighted by Gasteiger charge is -2.21. The number of anilines is 1. The molecular formula is C22H30N2O4S2. The molecule has 0 unspecified atom stereocenters. The fraction of sp³-hybridized carbons (Fsp3) is 0.409. The lowest BCUT2D eigenvalue weighted by molar-refractivity contribution is -0.113. The van der Waals surface area contributed by atoms with Crippen molar-refractivity contribution in [1.29, 1.82) is 0 Å². The zero-order chi connectivity index (χ0) is 22.3. The standard InChI is InChI=1S/C22H30N2O4S2/c1-6-24(7-2)30(26,27)21-14-18(10-12-20(21)28-8-3)23-22(25)15-29-19-11-9-16(4)17(5)13-19/h9-14H,6-8,15H2,1-5H3,(H,23,25). The maximum atomic E-state index is 13.0. The number of hydrogen-bond acceptors (Lipinski definition) is 5. The first kappa shape index (κ1) is 24.2. The molecule has 0 heterocycles. The predicted octanol–water partition coefficient (Wildman–Crippen LogP) is 4.46. The molecule has 0 radical (unpaired) electrons. The van der Waals surface area contributed by atoms with Crippen LogP contribution in [0, 0.1) is 13.8 Å². The molecule has 0 fully saturated rings. The third-order valence-corrected chi connectivity index (χ3v) is 7.76. The van der Waals surface area contributed by atoms with Gasteiger partial charge in [-0.1, -0.05) is 19.9 Å². The average molecular weight is 451 g/mol. The molecular weight excluding hydrogens is 420 g/mol. The number of aryl methyl sites for hydroxylation is 2. The van der Waals surface area contributed by atoms with E-state index in [1.54, 1.807) is 32.9 Å². The highest BCUT2D eigenvalue weighted by atomic mass is 32.2. The van der Waals surface area contributed by atoms with Crippen LogP contribution in [0.25, 0.3) is 0 Å². The van der Waals surface area contributed by atoms with E-state index in [-0.39, 0.29) is 22.3 Å². The Morgan fingerprint density at radius 1 is 1.03 bits per heavy atom. The number of ether oxygens (including phenoxy) is 1. The normalized spacial score (nSPS) is 11.5. The number of benzene rings is 2. The molecule has 2 aromatic rings. The summed E-state index contributed by atoms with van der Waals surface area (Å²) in [6, 6.07) is 10.8. The number of carbonyl (C=O) groups is 1. The Hall–Kier alpha value is -2.03. The van der Waals surface area contributed by atoms with Crippen LogP contribution >= 0.6 is 11.8 Å². The van der Waals surface area contributed by atoms with Gasteiger partial charge in [-0.2, -0.15) is 4.31 Å². The highest BCUT2D eigenvalue weighted by Crippen LogP contribution is 2.30. The van der Waals surface area contributed by atoms with Gasteiger partial charge in [0, 0.05) is 23.7 Å². The summed E-state index contributed by atoms with van der Waals surface area (Å²) in [6.45, 7) is 10.5. The van der Waals surface area contributed by atoms with Crippen molar-refractivity contribution < 1.29 is 17.9 Å². The molecule has 6 nitrogen and oxygen atoms in total. The van der Waals surface area contributed by atoms with Gasteiger partial charge in [0.1, 0.15) is 10.6 Å².